The number of ether oxygens (including phenoxy) is 1. The van der Waals surface area contributed by atoms with Crippen LogP contribution in [0, 0.1) is 5.92 Å². The lowest BCUT2D eigenvalue weighted by atomic mass is 9.91. The molecule has 94 valence electrons. The number of nitrogens with zero attached hydrogens (tertiary/aromatic N) is 1. The van der Waals surface area contributed by atoms with Gasteiger partial charge in [-0.15, -0.1) is 0 Å². The number of hydrogen-bond acceptors (Lipinski definition) is 4. The second kappa shape index (κ2) is 4.25. The molecule has 1 aliphatic carbocycles. The van der Waals surface area contributed by atoms with E-state index in [1.165, 1.54) is 4.31 Å². The molecule has 0 spiro atoms. The SMILES string of the molecule is COCCCS(=O)(=O)N1CC(O)(C2CC2)C1. The van der Waals surface area contributed by atoms with E-state index in [-0.39, 0.29) is 18.8 Å². The molecule has 0 aromatic carbocycles. The summed E-state index contributed by atoms with van der Waals surface area (Å²) in [6.45, 7) is 1.03. The summed E-state index contributed by atoms with van der Waals surface area (Å²) < 4.78 is 29.8. The van der Waals surface area contributed by atoms with Gasteiger partial charge in [-0.05, 0) is 25.2 Å². The fraction of sp³-hybridized carbons (Fsp3) is 1.00. The molecule has 0 amide bonds. The molecule has 0 atom stereocenters. The Balaban J connectivity index is 1.81. The number of methoxy groups -OCH3 is 1. The molecule has 0 aromatic rings. The van der Waals surface area contributed by atoms with Gasteiger partial charge in [-0.1, -0.05) is 0 Å². The third kappa shape index (κ3) is 2.40. The fourth-order valence-electron chi connectivity index (χ4n) is 2.15. The van der Waals surface area contributed by atoms with Gasteiger partial charge in [-0.2, -0.15) is 4.31 Å². The van der Waals surface area contributed by atoms with Crippen LogP contribution in [0.15, 0.2) is 0 Å². The van der Waals surface area contributed by atoms with Crippen LogP contribution in [-0.4, -0.2) is 56.0 Å². The standard InChI is InChI=1S/C10H19NO4S/c1-15-5-2-6-16(13,14)11-7-10(12,8-11)9-3-4-9/h9,12H,2-8H2,1H3. The van der Waals surface area contributed by atoms with Gasteiger partial charge in [-0.25, -0.2) is 8.42 Å². The van der Waals surface area contributed by atoms with E-state index in [9.17, 15) is 13.5 Å². The van der Waals surface area contributed by atoms with Crippen LogP contribution in [0.25, 0.3) is 0 Å². The number of sulfonamides is 1. The van der Waals surface area contributed by atoms with E-state index >= 15 is 0 Å². The first-order chi connectivity index (χ1) is 7.48. The zero-order chi connectivity index (χ0) is 11.8. The number of hydrogen-bond donors (Lipinski definition) is 1. The smallest absolute Gasteiger partial charge is 0.214 e. The monoisotopic (exact) mass is 249 g/mol. The molecule has 0 bridgehead atoms. The summed E-state index contributed by atoms with van der Waals surface area (Å²) in [7, 11) is -1.62. The van der Waals surface area contributed by atoms with Gasteiger partial charge in [0.15, 0.2) is 0 Å². The van der Waals surface area contributed by atoms with Gasteiger partial charge in [-0.3, -0.25) is 0 Å². The van der Waals surface area contributed by atoms with Gasteiger partial charge in [0.1, 0.15) is 0 Å². The third-order valence-electron chi connectivity index (χ3n) is 3.38. The molecule has 0 radical (unpaired) electrons. The Labute approximate surface area is 96.4 Å². The summed E-state index contributed by atoms with van der Waals surface area (Å²) in [4.78, 5) is 0. The lowest BCUT2D eigenvalue weighted by Gasteiger charge is -2.45. The summed E-state index contributed by atoms with van der Waals surface area (Å²) in [6, 6.07) is 0. The first-order valence-electron chi connectivity index (χ1n) is 5.67. The second-order valence-corrected chi connectivity index (χ2v) is 6.90. The Kier molecular flexibility index (Phi) is 3.27. The van der Waals surface area contributed by atoms with Crippen molar-refractivity contribution in [3.63, 3.8) is 0 Å². The maximum absolute atomic E-state index is 11.8. The number of aliphatic hydroxyl groups is 1. The van der Waals surface area contributed by atoms with Crippen molar-refractivity contribution in [1.82, 2.24) is 4.31 Å². The molecule has 2 aliphatic rings. The Bertz CT molecular complexity index is 344. The van der Waals surface area contributed by atoms with Crippen molar-refractivity contribution >= 4 is 10.0 Å². The lowest BCUT2D eigenvalue weighted by molar-refractivity contribution is -0.0764. The van der Waals surface area contributed by atoms with Crippen molar-refractivity contribution in [1.29, 1.82) is 0 Å². The van der Waals surface area contributed by atoms with Crippen molar-refractivity contribution < 1.29 is 18.3 Å². The minimum Gasteiger partial charge on any atom is -0.387 e. The van der Waals surface area contributed by atoms with Crippen molar-refractivity contribution in [2.24, 2.45) is 5.92 Å². The highest BCUT2D eigenvalue weighted by Crippen LogP contribution is 2.45. The first kappa shape index (κ1) is 12.3. The van der Waals surface area contributed by atoms with Gasteiger partial charge in [0.05, 0.1) is 11.4 Å². The minimum atomic E-state index is -3.18. The molecule has 2 fully saturated rings. The van der Waals surface area contributed by atoms with Gasteiger partial charge >= 0.3 is 0 Å². The topological polar surface area (TPSA) is 66.8 Å². The van der Waals surface area contributed by atoms with Gasteiger partial charge < -0.3 is 9.84 Å². The Morgan fingerprint density at radius 3 is 2.56 bits per heavy atom. The summed E-state index contributed by atoms with van der Waals surface area (Å²) in [5.41, 5.74) is -0.728. The predicted molar refractivity (Wildman–Crippen MR) is 59.5 cm³/mol. The molecule has 6 heteroatoms. The quantitative estimate of drug-likeness (QED) is 0.663. The molecular formula is C10H19NO4S. The highest BCUT2D eigenvalue weighted by atomic mass is 32.2. The number of rotatable bonds is 6. The molecule has 5 nitrogen and oxygen atoms in total. The van der Waals surface area contributed by atoms with Crippen LogP contribution in [0.3, 0.4) is 0 Å². The average molecular weight is 249 g/mol. The van der Waals surface area contributed by atoms with E-state index < -0.39 is 15.6 Å². The Morgan fingerprint density at radius 2 is 2.06 bits per heavy atom. The highest BCUT2D eigenvalue weighted by molar-refractivity contribution is 7.89. The molecule has 0 aromatic heterocycles. The highest BCUT2D eigenvalue weighted by Gasteiger charge is 2.54. The molecule has 16 heavy (non-hydrogen) atoms. The van der Waals surface area contributed by atoms with Crippen LogP contribution in [0.4, 0.5) is 0 Å². The van der Waals surface area contributed by atoms with Crippen molar-refractivity contribution in [2.45, 2.75) is 24.9 Å². The van der Waals surface area contributed by atoms with E-state index in [0.717, 1.165) is 12.8 Å². The van der Waals surface area contributed by atoms with Crippen molar-refractivity contribution in [3.8, 4) is 0 Å². The first-order valence-corrected chi connectivity index (χ1v) is 7.28. The van der Waals surface area contributed by atoms with Crippen LogP contribution in [0.5, 0.6) is 0 Å². The van der Waals surface area contributed by atoms with E-state index in [4.69, 9.17) is 4.74 Å². The fourth-order valence-corrected chi connectivity index (χ4v) is 3.74. The summed E-state index contributed by atoms with van der Waals surface area (Å²) in [5.74, 6) is 0.444. The average Bonchev–Trinajstić information content (AvgIpc) is 2.96. The zero-order valence-electron chi connectivity index (χ0n) is 9.55. The Morgan fingerprint density at radius 1 is 1.44 bits per heavy atom. The Hall–Kier alpha value is -0.170. The van der Waals surface area contributed by atoms with Crippen LogP contribution in [0.2, 0.25) is 0 Å². The maximum Gasteiger partial charge on any atom is 0.214 e. The summed E-state index contributed by atoms with van der Waals surface area (Å²) >= 11 is 0. The van der Waals surface area contributed by atoms with Crippen LogP contribution >= 0.6 is 0 Å². The third-order valence-corrected chi connectivity index (χ3v) is 5.23. The van der Waals surface area contributed by atoms with Gasteiger partial charge in [0, 0.05) is 26.8 Å². The van der Waals surface area contributed by atoms with Gasteiger partial charge in [0.2, 0.25) is 10.0 Å². The predicted octanol–water partition coefficient (Wildman–Crippen LogP) is -0.191. The van der Waals surface area contributed by atoms with E-state index in [0.29, 0.717) is 18.9 Å². The molecule has 1 saturated heterocycles. The molecule has 1 heterocycles. The second-order valence-electron chi connectivity index (χ2n) is 4.81. The van der Waals surface area contributed by atoms with E-state index in [2.05, 4.69) is 0 Å². The molecular weight excluding hydrogens is 230 g/mol. The summed E-state index contributed by atoms with van der Waals surface area (Å²) in [5, 5.41) is 10.0. The molecule has 1 N–H and O–H groups in total. The molecule has 1 saturated carbocycles. The maximum atomic E-state index is 11.8. The zero-order valence-corrected chi connectivity index (χ0v) is 10.4. The minimum absolute atomic E-state index is 0.113. The molecule has 1 aliphatic heterocycles. The van der Waals surface area contributed by atoms with Crippen LogP contribution in [-0.2, 0) is 14.8 Å². The van der Waals surface area contributed by atoms with Crippen LogP contribution in [0.1, 0.15) is 19.3 Å². The van der Waals surface area contributed by atoms with Crippen molar-refractivity contribution in [3.05, 3.63) is 0 Å². The van der Waals surface area contributed by atoms with Crippen LogP contribution < -0.4 is 0 Å². The largest absolute Gasteiger partial charge is 0.387 e. The van der Waals surface area contributed by atoms with E-state index in [1.807, 2.05) is 0 Å². The molecule has 2 rings (SSSR count). The number of β-amino-alcohol motifs (C(OH)–C–C–N with tert-alkyl or cyclic N) is 1. The van der Waals surface area contributed by atoms with Gasteiger partial charge in [0.25, 0.3) is 0 Å². The normalized spacial score (nSPS) is 25.4. The molecule has 0 unspecified atom stereocenters. The lowest BCUT2D eigenvalue weighted by Crippen LogP contribution is -2.64. The summed E-state index contributed by atoms with van der Waals surface area (Å²) in [6.07, 6.45) is 2.58. The van der Waals surface area contributed by atoms with E-state index in [1.54, 1.807) is 7.11 Å². The van der Waals surface area contributed by atoms with Crippen molar-refractivity contribution in [2.75, 3.05) is 32.6 Å².